The fraction of sp³-hybridized carbons (Fsp3) is 0.292. The van der Waals surface area contributed by atoms with E-state index in [1.165, 1.54) is 0 Å². The molecule has 0 bridgehead atoms. The van der Waals surface area contributed by atoms with E-state index in [0.717, 1.165) is 21.3 Å². The summed E-state index contributed by atoms with van der Waals surface area (Å²) in [6.07, 6.45) is 0. The molecule has 1 aliphatic rings. The van der Waals surface area contributed by atoms with Crippen molar-refractivity contribution in [1.82, 2.24) is 20.0 Å². The molecule has 3 aromatic rings. The average Bonchev–Trinajstić information content (AvgIpc) is 3.29. The van der Waals surface area contributed by atoms with E-state index in [0.29, 0.717) is 31.9 Å². The van der Waals surface area contributed by atoms with Crippen LogP contribution in [0, 0.1) is 0 Å². The Morgan fingerprint density at radius 2 is 1.55 bits per heavy atom. The van der Waals surface area contributed by atoms with Crippen LogP contribution < -0.4 is 0 Å². The number of hydrogen-bond acceptors (Lipinski definition) is 3. The summed E-state index contributed by atoms with van der Waals surface area (Å²) in [5, 5.41) is 7.15. The second-order valence-electron chi connectivity index (χ2n) is 8.25. The number of piperazine rings is 1. The number of hydrogen-bond donors (Lipinski definition) is 1. The van der Waals surface area contributed by atoms with E-state index in [2.05, 4.69) is 26.1 Å². The number of rotatable bonds is 4. The van der Waals surface area contributed by atoms with Crippen LogP contribution in [0.5, 0.6) is 0 Å². The van der Waals surface area contributed by atoms with Crippen LogP contribution in [-0.4, -0.2) is 58.0 Å². The number of benzene rings is 2. The molecule has 1 saturated heterocycles. The first-order chi connectivity index (χ1) is 14.9. The van der Waals surface area contributed by atoms with Gasteiger partial charge >= 0.3 is 0 Å². The molecule has 1 aliphatic heterocycles. The average molecular weight is 481 g/mol. The van der Waals surface area contributed by atoms with Gasteiger partial charge < -0.3 is 9.80 Å². The van der Waals surface area contributed by atoms with E-state index in [4.69, 9.17) is 0 Å². The predicted octanol–water partition coefficient (Wildman–Crippen LogP) is 4.10. The molecule has 6 nitrogen and oxygen atoms in total. The Morgan fingerprint density at radius 3 is 2.19 bits per heavy atom. The zero-order chi connectivity index (χ0) is 22.0. The van der Waals surface area contributed by atoms with Crippen molar-refractivity contribution in [1.29, 1.82) is 0 Å². The second-order valence-corrected chi connectivity index (χ2v) is 9.16. The fourth-order valence-corrected chi connectivity index (χ4v) is 4.12. The molecule has 0 aliphatic carbocycles. The van der Waals surface area contributed by atoms with Crippen molar-refractivity contribution in [3.8, 4) is 11.3 Å². The maximum Gasteiger partial charge on any atom is 0.272 e. The highest BCUT2D eigenvalue weighted by Gasteiger charge is 2.35. The van der Waals surface area contributed by atoms with Crippen LogP contribution in [-0.2, 0) is 10.2 Å². The van der Waals surface area contributed by atoms with Gasteiger partial charge in [0.2, 0.25) is 5.91 Å². The van der Waals surface area contributed by atoms with Crippen LogP contribution in [0.2, 0.25) is 0 Å². The molecule has 0 saturated carbocycles. The number of carbonyl (C=O) groups excluding carboxylic acids is 2. The molecule has 4 rings (SSSR count). The molecular weight excluding hydrogens is 456 g/mol. The largest absolute Gasteiger partial charge is 0.338 e. The molecule has 0 spiro atoms. The van der Waals surface area contributed by atoms with Crippen molar-refractivity contribution >= 4 is 27.7 Å². The van der Waals surface area contributed by atoms with Crippen molar-refractivity contribution in [3.05, 3.63) is 76.4 Å². The van der Waals surface area contributed by atoms with Gasteiger partial charge in [0, 0.05) is 36.2 Å². The summed E-state index contributed by atoms with van der Waals surface area (Å²) in [6, 6.07) is 19.4. The summed E-state index contributed by atoms with van der Waals surface area (Å²) in [6.45, 7) is 5.96. The topological polar surface area (TPSA) is 69.3 Å². The Bertz CT molecular complexity index is 1070. The first kappa shape index (κ1) is 21.3. The molecule has 0 unspecified atom stereocenters. The standard InChI is InChI=1S/C24H25BrN4O2/c1-24(2,18-6-4-3-5-7-18)23(31)29-14-12-28(13-15-29)22(30)21-16-20(26-27-21)17-8-10-19(25)11-9-17/h3-11,16H,12-15H2,1-2H3,(H,26,27). The maximum absolute atomic E-state index is 13.2. The molecule has 1 aromatic heterocycles. The Morgan fingerprint density at radius 1 is 0.935 bits per heavy atom. The van der Waals surface area contributed by atoms with Gasteiger partial charge in [0.05, 0.1) is 11.1 Å². The van der Waals surface area contributed by atoms with E-state index in [1.54, 1.807) is 11.0 Å². The first-order valence-corrected chi connectivity index (χ1v) is 11.1. The quantitative estimate of drug-likeness (QED) is 0.610. The third-order valence-corrected chi connectivity index (χ3v) is 6.36. The maximum atomic E-state index is 13.2. The molecule has 0 radical (unpaired) electrons. The summed E-state index contributed by atoms with van der Waals surface area (Å²) in [5.41, 5.74) is 2.53. The van der Waals surface area contributed by atoms with Gasteiger partial charge in [0.15, 0.2) is 0 Å². The smallest absolute Gasteiger partial charge is 0.272 e. The number of nitrogens with one attached hydrogen (secondary N) is 1. The van der Waals surface area contributed by atoms with E-state index >= 15 is 0 Å². The number of nitrogens with zero attached hydrogens (tertiary/aromatic N) is 3. The van der Waals surface area contributed by atoms with E-state index < -0.39 is 5.41 Å². The summed E-state index contributed by atoms with van der Waals surface area (Å²) in [5.74, 6) is -0.00450. The summed E-state index contributed by atoms with van der Waals surface area (Å²) in [7, 11) is 0. The minimum absolute atomic E-state index is 0.0878. The number of amides is 2. The van der Waals surface area contributed by atoms with Gasteiger partial charge in [-0.15, -0.1) is 0 Å². The minimum Gasteiger partial charge on any atom is -0.338 e. The molecule has 2 aromatic carbocycles. The normalized spacial score (nSPS) is 14.5. The highest BCUT2D eigenvalue weighted by Crippen LogP contribution is 2.26. The molecule has 7 heteroatoms. The summed E-state index contributed by atoms with van der Waals surface area (Å²) >= 11 is 3.42. The van der Waals surface area contributed by atoms with Crippen LogP contribution in [0.25, 0.3) is 11.3 Å². The number of aromatic nitrogens is 2. The highest BCUT2D eigenvalue weighted by atomic mass is 79.9. The molecule has 160 valence electrons. The van der Waals surface area contributed by atoms with Crippen LogP contribution in [0.3, 0.4) is 0 Å². The van der Waals surface area contributed by atoms with Gasteiger partial charge in [0.1, 0.15) is 5.69 Å². The summed E-state index contributed by atoms with van der Waals surface area (Å²) < 4.78 is 0.992. The van der Waals surface area contributed by atoms with Crippen molar-refractivity contribution in [2.75, 3.05) is 26.2 Å². The van der Waals surface area contributed by atoms with Gasteiger partial charge in [-0.3, -0.25) is 14.7 Å². The molecule has 1 N–H and O–H groups in total. The van der Waals surface area contributed by atoms with Crippen LogP contribution in [0.15, 0.2) is 65.1 Å². The van der Waals surface area contributed by atoms with Gasteiger partial charge in [-0.25, -0.2) is 0 Å². The van der Waals surface area contributed by atoms with Crippen molar-refractivity contribution in [2.45, 2.75) is 19.3 Å². The number of aromatic amines is 1. The zero-order valence-electron chi connectivity index (χ0n) is 17.6. The molecule has 0 atom stereocenters. The Hall–Kier alpha value is -2.93. The third-order valence-electron chi connectivity index (χ3n) is 5.83. The summed E-state index contributed by atoms with van der Waals surface area (Å²) in [4.78, 5) is 29.7. The molecule has 2 amide bonds. The Balaban J connectivity index is 1.39. The monoisotopic (exact) mass is 480 g/mol. The molecule has 1 fully saturated rings. The van der Waals surface area contributed by atoms with Gasteiger partial charge in [-0.1, -0.05) is 58.4 Å². The van der Waals surface area contributed by atoms with Crippen molar-refractivity contribution in [3.63, 3.8) is 0 Å². The first-order valence-electron chi connectivity index (χ1n) is 10.3. The van der Waals surface area contributed by atoms with Crippen LogP contribution >= 0.6 is 15.9 Å². The van der Waals surface area contributed by atoms with Crippen LogP contribution in [0.1, 0.15) is 29.9 Å². The number of halogens is 1. The van der Waals surface area contributed by atoms with Crippen molar-refractivity contribution < 1.29 is 9.59 Å². The second kappa shape index (κ2) is 8.67. The van der Waals surface area contributed by atoms with Gasteiger partial charge in [-0.2, -0.15) is 5.10 Å². The van der Waals surface area contributed by atoms with E-state index in [-0.39, 0.29) is 11.8 Å². The lowest BCUT2D eigenvalue weighted by atomic mass is 9.83. The third kappa shape index (κ3) is 4.42. The minimum atomic E-state index is -0.601. The predicted molar refractivity (Wildman–Crippen MR) is 124 cm³/mol. The highest BCUT2D eigenvalue weighted by molar-refractivity contribution is 9.10. The van der Waals surface area contributed by atoms with E-state index in [1.807, 2.05) is 73.3 Å². The number of H-pyrrole nitrogens is 1. The van der Waals surface area contributed by atoms with Crippen molar-refractivity contribution in [2.24, 2.45) is 0 Å². The SMILES string of the molecule is CC(C)(C(=O)N1CCN(C(=O)c2cc(-c3ccc(Br)cc3)n[nH]2)CC1)c1ccccc1. The zero-order valence-corrected chi connectivity index (χ0v) is 19.2. The van der Waals surface area contributed by atoms with E-state index in [9.17, 15) is 9.59 Å². The van der Waals surface area contributed by atoms with Crippen LogP contribution in [0.4, 0.5) is 0 Å². The Kier molecular flexibility index (Phi) is 5.96. The fourth-order valence-electron chi connectivity index (χ4n) is 3.86. The lowest BCUT2D eigenvalue weighted by molar-refractivity contribution is -0.137. The lowest BCUT2D eigenvalue weighted by Crippen LogP contribution is -2.54. The number of carbonyl (C=O) groups is 2. The molecular formula is C24H25BrN4O2. The Labute approximate surface area is 190 Å². The molecule has 31 heavy (non-hydrogen) atoms. The molecule has 2 heterocycles. The van der Waals surface area contributed by atoms with Gasteiger partial charge in [-0.05, 0) is 37.6 Å². The lowest BCUT2D eigenvalue weighted by Gasteiger charge is -2.38. The van der Waals surface area contributed by atoms with Gasteiger partial charge in [0.25, 0.3) is 5.91 Å².